The summed E-state index contributed by atoms with van der Waals surface area (Å²) in [5, 5.41) is 14.1. The van der Waals surface area contributed by atoms with Crippen LogP contribution in [0.15, 0.2) is 71.8 Å². The highest BCUT2D eigenvalue weighted by molar-refractivity contribution is 6.03. The zero-order chi connectivity index (χ0) is 43.3. The molecular formula is C40H51N7O13. The summed E-state index contributed by atoms with van der Waals surface area (Å²) in [6.45, 7) is 3.83. The van der Waals surface area contributed by atoms with Crippen molar-refractivity contribution in [2.24, 2.45) is 16.7 Å². The maximum absolute atomic E-state index is 13.0. The van der Waals surface area contributed by atoms with E-state index in [9.17, 15) is 24.5 Å². The minimum absolute atomic E-state index is 0.0216. The Labute approximate surface area is 346 Å². The molecule has 60 heavy (non-hydrogen) atoms. The van der Waals surface area contributed by atoms with E-state index >= 15 is 0 Å². The molecule has 0 aliphatic heterocycles. The number of carbonyl (C=O) groups excluding carboxylic acids is 3. The van der Waals surface area contributed by atoms with Crippen LogP contribution >= 0.6 is 0 Å². The Balaban J connectivity index is 0.000000778. The average molecular weight is 838 g/mol. The molecule has 0 bridgehead atoms. The molecule has 20 nitrogen and oxygen atoms in total. The fraction of sp³-hybridized carbons (Fsp3) is 0.425. The number of carbonyl (C=O) groups is 3. The number of hydrazine groups is 1. The molecule has 1 unspecified atom stereocenters. The number of hydrogen-bond acceptors (Lipinski definition) is 17. The number of rotatable bonds is 21. The van der Waals surface area contributed by atoms with Gasteiger partial charge in [0.25, 0.3) is 17.6 Å². The van der Waals surface area contributed by atoms with Gasteiger partial charge in [-0.2, -0.15) is 10.1 Å². The summed E-state index contributed by atoms with van der Waals surface area (Å²) in [7, 11) is 1.45. The Hall–Kier alpha value is -6.51. The zero-order valence-electron chi connectivity index (χ0n) is 33.8. The molecule has 5 rings (SSSR count). The van der Waals surface area contributed by atoms with E-state index in [4.69, 9.17) is 44.7 Å². The number of benzene rings is 3. The zero-order valence-corrected chi connectivity index (χ0v) is 33.8. The minimum atomic E-state index is -1.03. The van der Waals surface area contributed by atoms with E-state index in [0.717, 1.165) is 34.6 Å². The van der Waals surface area contributed by atoms with Crippen molar-refractivity contribution >= 4 is 35.5 Å². The van der Waals surface area contributed by atoms with E-state index < -0.39 is 30.2 Å². The molecular weight excluding hydrogens is 786 g/mol. The van der Waals surface area contributed by atoms with Crippen molar-refractivity contribution in [2.45, 2.75) is 64.9 Å². The van der Waals surface area contributed by atoms with Gasteiger partial charge in [0, 0.05) is 12.7 Å². The third kappa shape index (κ3) is 14.4. The van der Waals surface area contributed by atoms with Crippen molar-refractivity contribution in [1.29, 1.82) is 0 Å². The number of amidine groups is 1. The molecule has 1 aromatic heterocycles. The smallest absolute Gasteiger partial charge is 0.465 e. The van der Waals surface area contributed by atoms with Crippen molar-refractivity contribution in [3.63, 3.8) is 0 Å². The van der Waals surface area contributed by atoms with Gasteiger partial charge in [-0.15, -0.1) is 15.2 Å². The number of fused-ring (bicyclic) bond motifs is 1. The molecule has 1 fully saturated rings. The van der Waals surface area contributed by atoms with E-state index in [1.807, 2.05) is 47.9 Å². The number of hydrazone groups is 1. The number of hydrogen-bond donors (Lipinski definition) is 2. The average Bonchev–Trinajstić information content (AvgIpc) is 3.59. The van der Waals surface area contributed by atoms with Crippen molar-refractivity contribution in [3.8, 4) is 17.1 Å². The Kier molecular flexibility index (Phi) is 18.8. The fourth-order valence-electron chi connectivity index (χ4n) is 6.03. The Morgan fingerprint density at radius 1 is 1.00 bits per heavy atom. The van der Waals surface area contributed by atoms with E-state index in [1.165, 1.54) is 26.4 Å². The normalized spacial score (nSPS) is 13.3. The summed E-state index contributed by atoms with van der Waals surface area (Å²) in [4.78, 5) is 53.5. The number of imidazole rings is 1. The predicted molar refractivity (Wildman–Crippen MR) is 216 cm³/mol. The molecule has 0 saturated heterocycles. The highest BCUT2D eigenvalue weighted by Gasteiger charge is 2.22. The lowest BCUT2D eigenvalue weighted by atomic mass is 9.98. The number of nitrogens with zero attached hydrogens (tertiary/aromatic N) is 5. The highest BCUT2D eigenvalue weighted by atomic mass is 17.0. The molecule has 4 N–H and O–H groups in total. The summed E-state index contributed by atoms with van der Waals surface area (Å²) < 4.78 is 37.8. The maximum Gasteiger partial charge on any atom is 0.510 e. The van der Waals surface area contributed by atoms with E-state index in [1.54, 1.807) is 37.3 Å². The van der Waals surface area contributed by atoms with Crippen LogP contribution in [0, 0.1) is 10.1 Å². The van der Waals surface area contributed by atoms with Crippen LogP contribution in [0.3, 0.4) is 0 Å². The molecule has 0 amide bonds. The van der Waals surface area contributed by atoms with Crippen molar-refractivity contribution < 1.29 is 57.5 Å². The SMILES string of the molecule is CCOc1nc2cccc(C(=O)OC(C)OC)c2n1Cc1ccc(-c2ccccc2/C(N)=N/N(N)COC(=O)OCCOCCO[N+](=O)[O-])cc1.O=COC1CCCCC1. The Morgan fingerprint density at radius 3 is 2.42 bits per heavy atom. The van der Waals surface area contributed by atoms with Gasteiger partial charge < -0.3 is 43.7 Å². The van der Waals surface area contributed by atoms with Gasteiger partial charge in [0.2, 0.25) is 0 Å². The summed E-state index contributed by atoms with van der Waals surface area (Å²) in [6, 6.07) is 20.6. The third-order valence-electron chi connectivity index (χ3n) is 8.86. The first kappa shape index (κ1) is 46.2. The number of nitrogens with two attached hydrogens (primary N) is 2. The molecule has 1 saturated carbocycles. The van der Waals surface area contributed by atoms with Crippen molar-refractivity contribution in [3.05, 3.63) is 93.5 Å². The highest BCUT2D eigenvalue weighted by Crippen LogP contribution is 2.29. The van der Waals surface area contributed by atoms with Gasteiger partial charge >= 0.3 is 12.1 Å². The molecule has 1 aliphatic rings. The van der Waals surface area contributed by atoms with Crippen molar-refractivity contribution in [2.75, 3.05) is 46.9 Å². The standard InChI is InChI=1S/C33H39N7O11.C7H12O2/c1-4-47-32-36-28-11-7-10-27(31(41)51-22(2)45-3)29(28)38(32)20-23-12-14-24(15-13-23)25-8-5-6-9-26(25)30(34)37-39(35)21-49-33(42)48-18-16-46-17-19-50-40(43)44;8-6-9-7-4-2-1-3-5-7/h5-15,22H,4,16-21,35H2,1-3H3,(H2,34,37);6-7H,1-5H2. The third-order valence-corrected chi connectivity index (χ3v) is 8.86. The molecule has 3 aromatic carbocycles. The summed E-state index contributed by atoms with van der Waals surface area (Å²) in [6.07, 6.45) is 4.36. The summed E-state index contributed by atoms with van der Waals surface area (Å²) in [5.41, 5.74) is 10.9. The predicted octanol–water partition coefficient (Wildman–Crippen LogP) is 4.92. The van der Waals surface area contributed by atoms with Crippen LogP contribution in [0.4, 0.5) is 4.79 Å². The maximum atomic E-state index is 13.0. The van der Waals surface area contributed by atoms with Gasteiger partial charge in [0.1, 0.15) is 19.3 Å². The molecule has 4 aromatic rings. The Morgan fingerprint density at radius 2 is 1.72 bits per heavy atom. The first-order valence-corrected chi connectivity index (χ1v) is 19.2. The van der Waals surface area contributed by atoms with Crippen molar-refractivity contribution in [1.82, 2.24) is 14.7 Å². The van der Waals surface area contributed by atoms with E-state index in [2.05, 4.69) is 14.9 Å². The monoisotopic (exact) mass is 837 g/mol. The largest absolute Gasteiger partial charge is 0.510 e. The first-order valence-electron chi connectivity index (χ1n) is 19.2. The van der Waals surface area contributed by atoms with Crippen LogP contribution < -0.4 is 16.3 Å². The second-order valence-corrected chi connectivity index (χ2v) is 13.0. The van der Waals surface area contributed by atoms with E-state index in [0.29, 0.717) is 47.8 Å². The molecule has 20 heteroatoms. The fourth-order valence-corrected chi connectivity index (χ4v) is 6.03. The lowest BCUT2D eigenvalue weighted by Crippen LogP contribution is -2.33. The minimum Gasteiger partial charge on any atom is -0.465 e. The van der Waals surface area contributed by atoms with E-state index in [-0.39, 0.29) is 38.4 Å². The molecule has 1 aliphatic carbocycles. The lowest BCUT2D eigenvalue weighted by molar-refractivity contribution is -0.758. The number of aromatic nitrogens is 2. The second kappa shape index (κ2) is 24.4. The molecule has 1 atom stereocenters. The van der Waals surface area contributed by atoms with Gasteiger partial charge in [-0.1, -0.05) is 61.0 Å². The summed E-state index contributed by atoms with van der Waals surface area (Å²) in [5.74, 6) is 5.40. The molecule has 0 radical (unpaired) electrons. The van der Waals surface area contributed by atoms with Gasteiger partial charge in [-0.25, -0.2) is 15.4 Å². The molecule has 0 spiro atoms. The van der Waals surface area contributed by atoms with Crippen LogP contribution in [-0.2, 0) is 44.6 Å². The topological polar surface area (TPSA) is 254 Å². The van der Waals surface area contributed by atoms with Crippen LogP contribution in [0.2, 0.25) is 0 Å². The number of methoxy groups -OCH3 is 1. The number of ether oxygens (including phenoxy) is 7. The Bertz CT molecular complexity index is 2020. The number of esters is 1. The lowest BCUT2D eigenvalue weighted by Gasteiger charge is -2.18. The van der Waals surface area contributed by atoms with Crippen LogP contribution in [-0.4, -0.2) is 103 Å². The molecule has 324 valence electrons. The second-order valence-electron chi connectivity index (χ2n) is 13.0. The van der Waals surface area contributed by atoms with Crippen LogP contribution in [0.1, 0.15) is 67.4 Å². The number of para-hydroxylation sites is 1. The quantitative estimate of drug-likeness (QED) is 0.0108. The first-order chi connectivity index (χ1) is 29.0. The molecule has 1 heterocycles. The van der Waals surface area contributed by atoms with Gasteiger partial charge in [-0.05, 0) is 68.4 Å². The summed E-state index contributed by atoms with van der Waals surface area (Å²) >= 11 is 0. The van der Waals surface area contributed by atoms with Crippen LogP contribution in [0.25, 0.3) is 22.2 Å². The van der Waals surface area contributed by atoms with Gasteiger partial charge in [0.05, 0.1) is 43.0 Å². The van der Waals surface area contributed by atoms with Gasteiger partial charge in [-0.3, -0.25) is 9.36 Å². The van der Waals surface area contributed by atoms with Gasteiger partial charge in [0.15, 0.2) is 18.9 Å². The van der Waals surface area contributed by atoms with Crippen LogP contribution in [0.5, 0.6) is 6.01 Å².